The quantitative estimate of drug-likeness (QED) is 0.381. The van der Waals surface area contributed by atoms with Gasteiger partial charge in [-0.05, 0) is 43.4 Å². The molecular weight excluding hydrogens is 446 g/mol. The standard InChI is InChI=1S/C21H23FN4O3S.K/c22-13-4-3-6-15-19(13)12(11-24-15)10-16(20(27)28)26-21(29)23-9-8-18-25-14-5-1-2-7-17(14)30-18;/h3-4,6,11,16,24H,1-2,5,7-10H2,(H,27,28)(H2,23,26,29);/q;+1/p-1. The van der Waals surface area contributed by atoms with Gasteiger partial charge in [0.25, 0.3) is 0 Å². The summed E-state index contributed by atoms with van der Waals surface area (Å²) in [5.74, 6) is -1.88. The van der Waals surface area contributed by atoms with E-state index in [1.807, 2.05) is 0 Å². The van der Waals surface area contributed by atoms with Crippen LogP contribution in [-0.2, 0) is 30.5 Å². The zero-order valence-corrected chi connectivity index (χ0v) is 21.2. The van der Waals surface area contributed by atoms with E-state index in [-0.39, 0.29) is 57.8 Å². The van der Waals surface area contributed by atoms with Crippen LogP contribution < -0.4 is 67.1 Å². The minimum Gasteiger partial charge on any atom is -0.548 e. The van der Waals surface area contributed by atoms with Gasteiger partial charge in [0.2, 0.25) is 0 Å². The first-order chi connectivity index (χ1) is 14.5. The molecule has 0 bridgehead atoms. The molecule has 0 saturated heterocycles. The third kappa shape index (κ3) is 5.94. The molecule has 0 aliphatic heterocycles. The van der Waals surface area contributed by atoms with E-state index in [9.17, 15) is 19.1 Å². The Hall–Kier alpha value is -1.30. The number of carbonyl (C=O) groups excluding carboxylic acids is 2. The van der Waals surface area contributed by atoms with Gasteiger partial charge >= 0.3 is 57.4 Å². The fourth-order valence-corrected chi connectivity index (χ4v) is 4.94. The molecule has 1 unspecified atom stereocenters. The number of fused-ring (bicyclic) bond motifs is 2. The molecule has 0 saturated carbocycles. The molecule has 0 fully saturated rings. The van der Waals surface area contributed by atoms with Gasteiger partial charge in [-0.3, -0.25) is 0 Å². The fraction of sp³-hybridized carbons (Fsp3) is 0.381. The van der Waals surface area contributed by atoms with Gasteiger partial charge in [-0.1, -0.05) is 6.07 Å². The Labute approximate surface area is 225 Å². The first kappa shape index (κ1) is 24.3. The van der Waals surface area contributed by atoms with Crippen LogP contribution in [0.4, 0.5) is 9.18 Å². The second kappa shape index (κ2) is 11.0. The van der Waals surface area contributed by atoms with Crippen LogP contribution in [0.3, 0.4) is 0 Å². The van der Waals surface area contributed by atoms with Crippen LogP contribution in [0.2, 0.25) is 0 Å². The van der Waals surface area contributed by atoms with Gasteiger partial charge in [-0.25, -0.2) is 14.2 Å². The third-order valence-electron chi connectivity index (χ3n) is 5.26. The SMILES string of the molecule is O=C(NCCc1nc2c(s1)CCCC2)NC(Cc1c[nH]c2cccc(F)c12)C(=O)[O-].[K+]. The smallest absolute Gasteiger partial charge is 0.548 e. The van der Waals surface area contributed by atoms with Crippen molar-refractivity contribution >= 4 is 34.2 Å². The number of aromatic nitrogens is 2. The number of carbonyl (C=O) groups is 2. The molecule has 1 aromatic carbocycles. The summed E-state index contributed by atoms with van der Waals surface area (Å²) in [4.78, 5) is 32.6. The van der Waals surface area contributed by atoms with E-state index >= 15 is 0 Å². The maximum absolute atomic E-state index is 14.1. The Bertz CT molecular complexity index is 1060. The summed E-state index contributed by atoms with van der Waals surface area (Å²) in [5, 5.41) is 17.9. The van der Waals surface area contributed by atoms with Gasteiger partial charge in [0, 0.05) is 41.4 Å². The zero-order valence-electron chi connectivity index (χ0n) is 17.3. The monoisotopic (exact) mass is 468 g/mol. The number of nitrogens with zero attached hydrogens (tertiary/aromatic N) is 1. The van der Waals surface area contributed by atoms with E-state index in [1.165, 1.54) is 29.5 Å². The first-order valence-corrected chi connectivity index (χ1v) is 10.8. The second-order valence-corrected chi connectivity index (χ2v) is 8.56. The molecule has 4 rings (SSSR count). The van der Waals surface area contributed by atoms with Crippen molar-refractivity contribution in [1.29, 1.82) is 0 Å². The predicted octanol–water partition coefficient (Wildman–Crippen LogP) is -1.15. The number of benzene rings is 1. The summed E-state index contributed by atoms with van der Waals surface area (Å²) in [6.07, 6.45) is 6.50. The van der Waals surface area contributed by atoms with Crippen LogP contribution in [0.1, 0.15) is 34.0 Å². The van der Waals surface area contributed by atoms with Gasteiger partial charge in [0.15, 0.2) is 0 Å². The van der Waals surface area contributed by atoms with Crippen molar-refractivity contribution in [2.45, 2.75) is 44.6 Å². The van der Waals surface area contributed by atoms with Gasteiger partial charge in [0.05, 0.1) is 22.7 Å². The van der Waals surface area contributed by atoms with E-state index in [1.54, 1.807) is 29.7 Å². The van der Waals surface area contributed by atoms with Crippen molar-refractivity contribution in [3.05, 3.63) is 51.4 Å². The molecule has 0 radical (unpaired) electrons. The Morgan fingerprint density at radius 3 is 2.87 bits per heavy atom. The number of urea groups is 1. The third-order valence-corrected chi connectivity index (χ3v) is 6.48. The van der Waals surface area contributed by atoms with Crippen LogP contribution in [0.15, 0.2) is 24.4 Å². The number of halogens is 1. The van der Waals surface area contributed by atoms with E-state index < -0.39 is 23.9 Å². The van der Waals surface area contributed by atoms with Gasteiger partial charge in [0.1, 0.15) is 5.82 Å². The number of rotatable bonds is 7. The maximum Gasteiger partial charge on any atom is 1.00 e. The number of H-pyrrole nitrogens is 1. The minimum atomic E-state index is -1.43. The van der Waals surface area contributed by atoms with Gasteiger partial charge in [-0.2, -0.15) is 0 Å². The number of carboxylic acid groups (broad SMARTS) is 1. The molecule has 2 amide bonds. The van der Waals surface area contributed by atoms with E-state index in [0.717, 1.165) is 17.8 Å². The number of aliphatic carboxylic acids is 1. The molecule has 3 N–H and O–H groups in total. The topological polar surface area (TPSA) is 110 Å². The van der Waals surface area contributed by atoms with Crippen molar-refractivity contribution in [2.75, 3.05) is 6.54 Å². The molecule has 2 aromatic heterocycles. The van der Waals surface area contributed by atoms with Crippen molar-refractivity contribution in [3.8, 4) is 0 Å². The number of carboxylic acids is 1. The molecule has 158 valence electrons. The normalized spacial score (nSPS) is 13.8. The Morgan fingerprint density at radius 2 is 2.10 bits per heavy atom. The van der Waals surface area contributed by atoms with E-state index in [2.05, 4.69) is 20.6 Å². The summed E-state index contributed by atoms with van der Waals surface area (Å²) < 4.78 is 14.1. The Balaban J connectivity index is 0.00000272. The van der Waals surface area contributed by atoms with Crippen LogP contribution >= 0.6 is 11.3 Å². The molecule has 7 nitrogen and oxygen atoms in total. The summed E-state index contributed by atoms with van der Waals surface area (Å²) in [6.45, 7) is 0.347. The molecular formula is C21H22FKN4O3S. The Kier molecular flexibility index (Phi) is 8.65. The predicted molar refractivity (Wildman–Crippen MR) is 110 cm³/mol. The largest absolute Gasteiger partial charge is 1.00 e. The molecule has 3 aromatic rings. The van der Waals surface area contributed by atoms with Crippen LogP contribution in [-0.4, -0.2) is 34.6 Å². The second-order valence-electron chi connectivity index (χ2n) is 7.39. The molecule has 1 aliphatic carbocycles. The summed E-state index contributed by atoms with van der Waals surface area (Å²) >= 11 is 1.69. The average Bonchev–Trinajstić information content (AvgIpc) is 3.32. The number of hydrogen-bond acceptors (Lipinski definition) is 5. The Morgan fingerprint density at radius 1 is 1.29 bits per heavy atom. The minimum absolute atomic E-state index is 0. The van der Waals surface area contributed by atoms with Crippen LogP contribution in [0, 0.1) is 5.82 Å². The van der Waals surface area contributed by atoms with Crippen molar-refractivity contribution in [2.24, 2.45) is 0 Å². The molecule has 10 heteroatoms. The number of aryl methyl sites for hydroxylation is 2. The molecule has 1 atom stereocenters. The average molecular weight is 469 g/mol. The summed E-state index contributed by atoms with van der Waals surface area (Å²) in [7, 11) is 0. The van der Waals surface area contributed by atoms with E-state index in [4.69, 9.17) is 0 Å². The number of thiazole rings is 1. The number of aromatic amines is 1. The van der Waals surface area contributed by atoms with Crippen molar-refractivity contribution < 1.29 is 70.5 Å². The van der Waals surface area contributed by atoms with Crippen molar-refractivity contribution in [1.82, 2.24) is 20.6 Å². The van der Waals surface area contributed by atoms with Gasteiger partial charge < -0.3 is 25.5 Å². The summed E-state index contributed by atoms with van der Waals surface area (Å²) in [5.41, 5.74) is 2.21. The molecule has 31 heavy (non-hydrogen) atoms. The number of hydrogen-bond donors (Lipinski definition) is 3. The maximum atomic E-state index is 14.1. The fourth-order valence-electron chi connectivity index (χ4n) is 3.79. The molecule has 2 heterocycles. The van der Waals surface area contributed by atoms with Gasteiger partial charge in [-0.15, -0.1) is 11.3 Å². The first-order valence-electron chi connectivity index (χ1n) is 9.98. The molecule has 0 spiro atoms. The summed E-state index contributed by atoms with van der Waals surface area (Å²) in [6, 6.07) is 2.69. The van der Waals surface area contributed by atoms with Crippen LogP contribution in [0.5, 0.6) is 0 Å². The van der Waals surface area contributed by atoms with Crippen LogP contribution in [0.25, 0.3) is 10.9 Å². The van der Waals surface area contributed by atoms with Crippen molar-refractivity contribution in [3.63, 3.8) is 0 Å². The van der Waals surface area contributed by atoms with E-state index in [0.29, 0.717) is 29.4 Å². The zero-order chi connectivity index (χ0) is 21.1. The molecule has 1 aliphatic rings. The number of nitrogens with one attached hydrogen (secondary N) is 3. The number of amides is 2.